The van der Waals surface area contributed by atoms with Gasteiger partial charge in [-0.1, -0.05) is 15.9 Å². The van der Waals surface area contributed by atoms with Gasteiger partial charge in [0.25, 0.3) is 0 Å². The van der Waals surface area contributed by atoms with Gasteiger partial charge in [-0.2, -0.15) is 0 Å². The molecule has 86 valence electrons. The van der Waals surface area contributed by atoms with Crippen LogP contribution in [0.3, 0.4) is 0 Å². The smallest absolute Gasteiger partial charge is 0.185 e. The van der Waals surface area contributed by atoms with Gasteiger partial charge in [-0.25, -0.2) is 8.42 Å². The first-order valence-corrected chi connectivity index (χ1v) is 7.44. The Labute approximate surface area is 103 Å². The van der Waals surface area contributed by atoms with E-state index in [0.717, 1.165) is 17.3 Å². The lowest BCUT2D eigenvalue weighted by Crippen LogP contribution is -2.17. The van der Waals surface area contributed by atoms with Crippen LogP contribution in [0.4, 0.5) is 0 Å². The summed E-state index contributed by atoms with van der Waals surface area (Å²) in [6, 6.07) is 6.35. The van der Waals surface area contributed by atoms with Gasteiger partial charge in [0.15, 0.2) is 15.6 Å². The highest BCUT2D eigenvalue weighted by molar-refractivity contribution is 9.10. The second-order valence-electron chi connectivity index (χ2n) is 3.95. The third-order valence-electron chi connectivity index (χ3n) is 2.54. The molecule has 1 fully saturated rings. The lowest BCUT2D eigenvalue weighted by atomic mass is 10.3. The highest BCUT2D eigenvalue weighted by Gasteiger charge is 2.32. The molecule has 0 atom stereocenters. The molecule has 1 saturated carbocycles. The van der Waals surface area contributed by atoms with E-state index in [-0.39, 0.29) is 22.3 Å². The van der Waals surface area contributed by atoms with Crippen LogP contribution >= 0.6 is 15.9 Å². The maximum absolute atomic E-state index is 11.8. The zero-order valence-corrected chi connectivity index (χ0v) is 10.9. The molecule has 5 heteroatoms. The van der Waals surface area contributed by atoms with E-state index in [1.165, 1.54) is 12.1 Å². The Hall–Kier alpha value is -0.680. The van der Waals surface area contributed by atoms with E-state index < -0.39 is 9.84 Å². The third-order valence-corrected chi connectivity index (χ3v) is 4.72. The molecule has 0 aromatic heterocycles. The number of carbonyl (C=O) groups excluding carboxylic acids is 1. The molecule has 0 radical (unpaired) electrons. The third kappa shape index (κ3) is 2.71. The molecule has 0 aliphatic heterocycles. The molecule has 2 rings (SSSR count). The van der Waals surface area contributed by atoms with Crippen molar-refractivity contribution in [1.82, 2.24) is 0 Å². The average molecular weight is 303 g/mol. The molecule has 0 heterocycles. The zero-order chi connectivity index (χ0) is 11.8. The predicted octanol–water partition coefficient (Wildman–Crippen LogP) is 2.20. The van der Waals surface area contributed by atoms with Crippen molar-refractivity contribution in [2.45, 2.75) is 17.7 Å². The van der Waals surface area contributed by atoms with Gasteiger partial charge in [0.2, 0.25) is 0 Å². The van der Waals surface area contributed by atoms with Crippen molar-refractivity contribution < 1.29 is 13.2 Å². The van der Waals surface area contributed by atoms with E-state index in [1.54, 1.807) is 12.1 Å². The Bertz CT molecular complexity index is 501. The van der Waals surface area contributed by atoms with Crippen LogP contribution in [0.2, 0.25) is 0 Å². The Morgan fingerprint density at radius 1 is 1.25 bits per heavy atom. The second kappa shape index (κ2) is 4.30. The largest absolute Gasteiger partial charge is 0.298 e. The molecule has 1 aliphatic rings. The SMILES string of the molecule is O=C(CS(=O)(=O)c1ccc(Br)cc1)C1CC1. The highest BCUT2D eigenvalue weighted by Crippen LogP contribution is 2.30. The van der Waals surface area contributed by atoms with E-state index in [0.29, 0.717) is 0 Å². The van der Waals surface area contributed by atoms with Crippen LogP contribution < -0.4 is 0 Å². The molecule has 0 N–H and O–H groups in total. The number of ketones is 1. The molecule has 3 nitrogen and oxygen atoms in total. The molecule has 1 aliphatic carbocycles. The number of carbonyl (C=O) groups is 1. The van der Waals surface area contributed by atoms with Gasteiger partial charge in [-0.15, -0.1) is 0 Å². The molecule has 16 heavy (non-hydrogen) atoms. The minimum absolute atomic E-state index is 0.00905. The van der Waals surface area contributed by atoms with Crippen LogP contribution in [0.5, 0.6) is 0 Å². The van der Waals surface area contributed by atoms with Crippen LogP contribution in [0.1, 0.15) is 12.8 Å². The molecule has 0 amide bonds. The number of sulfone groups is 1. The lowest BCUT2D eigenvalue weighted by Gasteiger charge is -2.03. The van der Waals surface area contributed by atoms with Crippen molar-refractivity contribution in [1.29, 1.82) is 0 Å². The van der Waals surface area contributed by atoms with Crippen LogP contribution in [0.15, 0.2) is 33.6 Å². The van der Waals surface area contributed by atoms with Crippen molar-refractivity contribution in [3.8, 4) is 0 Å². The maximum atomic E-state index is 11.8. The van der Waals surface area contributed by atoms with Gasteiger partial charge >= 0.3 is 0 Å². The number of Topliss-reactive ketones (excluding diaryl/α,β-unsaturated/α-hetero) is 1. The number of halogens is 1. The second-order valence-corrected chi connectivity index (χ2v) is 6.86. The van der Waals surface area contributed by atoms with Crippen LogP contribution in [0, 0.1) is 5.92 Å². The summed E-state index contributed by atoms with van der Waals surface area (Å²) >= 11 is 3.23. The average Bonchev–Trinajstić information content (AvgIpc) is 3.00. The van der Waals surface area contributed by atoms with Gasteiger partial charge in [-0.3, -0.25) is 4.79 Å². The summed E-state index contributed by atoms with van der Waals surface area (Å²) in [4.78, 5) is 11.7. The summed E-state index contributed by atoms with van der Waals surface area (Å²) in [5.41, 5.74) is 0. The summed E-state index contributed by atoms with van der Waals surface area (Å²) in [7, 11) is -3.45. The van der Waals surface area contributed by atoms with E-state index >= 15 is 0 Å². The Morgan fingerprint density at radius 2 is 1.81 bits per heavy atom. The van der Waals surface area contributed by atoms with E-state index in [4.69, 9.17) is 0 Å². The fraction of sp³-hybridized carbons (Fsp3) is 0.364. The topological polar surface area (TPSA) is 51.2 Å². The fourth-order valence-electron chi connectivity index (χ4n) is 1.44. The maximum Gasteiger partial charge on any atom is 0.185 e. The van der Waals surface area contributed by atoms with E-state index in [1.807, 2.05) is 0 Å². The molecular formula is C11H11BrO3S. The first kappa shape index (κ1) is 11.8. The van der Waals surface area contributed by atoms with Gasteiger partial charge in [-0.05, 0) is 37.1 Å². The van der Waals surface area contributed by atoms with Crippen LogP contribution in [0.25, 0.3) is 0 Å². The molecule has 0 unspecified atom stereocenters. The van der Waals surface area contributed by atoms with Crippen LogP contribution in [-0.2, 0) is 14.6 Å². The quantitative estimate of drug-likeness (QED) is 0.857. The van der Waals surface area contributed by atoms with Crippen LogP contribution in [-0.4, -0.2) is 20.0 Å². The Balaban J connectivity index is 2.17. The van der Waals surface area contributed by atoms with Crippen molar-refractivity contribution in [3.05, 3.63) is 28.7 Å². The van der Waals surface area contributed by atoms with Crippen molar-refractivity contribution in [2.24, 2.45) is 5.92 Å². The first-order chi connectivity index (χ1) is 7.49. The molecule has 0 saturated heterocycles. The van der Waals surface area contributed by atoms with Crippen molar-refractivity contribution in [3.63, 3.8) is 0 Å². The lowest BCUT2D eigenvalue weighted by molar-refractivity contribution is -0.117. The number of benzene rings is 1. The highest BCUT2D eigenvalue weighted by atomic mass is 79.9. The standard InChI is InChI=1S/C11H11BrO3S/c12-9-3-5-10(6-4-9)16(14,15)7-11(13)8-1-2-8/h3-6,8H,1-2,7H2. The molecule has 0 bridgehead atoms. The van der Waals surface area contributed by atoms with Gasteiger partial charge in [0.1, 0.15) is 5.75 Å². The molecular weight excluding hydrogens is 292 g/mol. The Kier molecular flexibility index (Phi) is 3.17. The monoisotopic (exact) mass is 302 g/mol. The molecule has 1 aromatic rings. The van der Waals surface area contributed by atoms with Crippen molar-refractivity contribution in [2.75, 3.05) is 5.75 Å². The van der Waals surface area contributed by atoms with Gasteiger partial charge in [0, 0.05) is 10.4 Å². The zero-order valence-electron chi connectivity index (χ0n) is 8.52. The molecule has 1 aromatic carbocycles. The summed E-state index contributed by atoms with van der Waals surface area (Å²) in [6.45, 7) is 0. The minimum Gasteiger partial charge on any atom is -0.298 e. The summed E-state index contributed by atoms with van der Waals surface area (Å²) in [5, 5.41) is 0. The summed E-state index contributed by atoms with van der Waals surface area (Å²) in [6.07, 6.45) is 1.68. The summed E-state index contributed by atoms with van der Waals surface area (Å²) < 4.78 is 24.5. The number of hydrogen-bond donors (Lipinski definition) is 0. The number of hydrogen-bond acceptors (Lipinski definition) is 3. The van der Waals surface area contributed by atoms with E-state index in [9.17, 15) is 13.2 Å². The van der Waals surface area contributed by atoms with Gasteiger partial charge < -0.3 is 0 Å². The first-order valence-electron chi connectivity index (χ1n) is 5.00. The minimum atomic E-state index is -3.45. The van der Waals surface area contributed by atoms with Gasteiger partial charge in [0.05, 0.1) is 4.90 Å². The van der Waals surface area contributed by atoms with Crippen molar-refractivity contribution >= 4 is 31.6 Å². The molecule has 0 spiro atoms. The van der Waals surface area contributed by atoms with E-state index in [2.05, 4.69) is 15.9 Å². The Morgan fingerprint density at radius 3 is 2.31 bits per heavy atom. The number of rotatable bonds is 4. The normalized spacial score (nSPS) is 16.1. The fourth-order valence-corrected chi connectivity index (χ4v) is 3.03. The predicted molar refractivity (Wildman–Crippen MR) is 63.9 cm³/mol. The summed E-state index contributed by atoms with van der Waals surface area (Å²) in [5.74, 6) is -0.521.